The van der Waals surface area contributed by atoms with Crippen molar-refractivity contribution in [1.29, 1.82) is 0 Å². The molecule has 32 heavy (non-hydrogen) atoms. The smallest absolute Gasteiger partial charge is 0.321 e. The third kappa shape index (κ3) is 4.55. The van der Waals surface area contributed by atoms with Crippen LogP contribution < -0.4 is 20.6 Å². The van der Waals surface area contributed by atoms with Crippen LogP contribution in [-0.2, 0) is 11.2 Å². The van der Waals surface area contributed by atoms with Gasteiger partial charge < -0.3 is 25.5 Å². The summed E-state index contributed by atoms with van der Waals surface area (Å²) in [7, 11) is 1.58. The predicted molar refractivity (Wildman–Crippen MR) is 123 cm³/mol. The maximum Gasteiger partial charge on any atom is 0.321 e. The molecule has 0 saturated carbocycles. The lowest BCUT2D eigenvalue weighted by molar-refractivity contribution is -0.128. The summed E-state index contributed by atoms with van der Waals surface area (Å²) in [4.78, 5) is 31.2. The van der Waals surface area contributed by atoms with Crippen molar-refractivity contribution in [3.8, 4) is 5.75 Å². The van der Waals surface area contributed by atoms with Crippen molar-refractivity contribution >= 4 is 29.0 Å². The molecule has 1 fully saturated rings. The van der Waals surface area contributed by atoms with E-state index < -0.39 is 0 Å². The predicted octanol–water partition coefficient (Wildman–Crippen LogP) is 2.45. The van der Waals surface area contributed by atoms with Crippen molar-refractivity contribution in [2.24, 2.45) is 5.73 Å². The third-order valence-electron chi connectivity index (χ3n) is 5.87. The summed E-state index contributed by atoms with van der Waals surface area (Å²) < 4.78 is 6.55. The highest BCUT2D eigenvalue weighted by molar-refractivity contribution is 5.99. The minimum Gasteiger partial charge on any atom is -0.497 e. The maximum absolute atomic E-state index is 13.2. The molecular formula is C24H28N4O4. The molecule has 0 unspecified atom stereocenters. The molecule has 3 N–H and O–H groups in total. The Morgan fingerprint density at radius 1 is 1.16 bits per heavy atom. The molecule has 0 bridgehead atoms. The highest BCUT2D eigenvalue weighted by Gasteiger charge is 2.27. The number of nitrogens with zero attached hydrogens (tertiary/aromatic N) is 2. The third-order valence-corrected chi connectivity index (χ3v) is 5.87. The van der Waals surface area contributed by atoms with E-state index in [1.54, 1.807) is 30.2 Å². The normalized spacial score (nSPS) is 14.4. The molecule has 1 amide bonds. The Hall–Kier alpha value is -3.52. The van der Waals surface area contributed by atoms with Gasteiger partial charge >= 0.3 is 6.47 Å². The van der Waals surface area contributed by atoms with Gasteiger partial charge in [0.15, 0.2) is 0 Å². The average molecular weight is 437 g/mol. The second-order valence-electron chi connectivity index (χ2n) is 7.90. The number of piperidine rings is 1. The summed E-state index contributed by atoms with van der Waals surface area (Å²) in [6.07, 6.45) is 2.54. The molecule has 2 heterocycles. The van der Waals surface area contributed by atoms with Gasteiger partial charge in [-0.15, -0.1) is 0 Å². The molecule has 0 atom stereocenters. The number of nitrogens with two attached hydrogens (primary N) is 1. The van der Waals surface area contributed by atoms with Crippen LogP contribution in [-0.4, -0.2) is 54.8 Å². The van der Waals surface area contributed by atoms with Gasteiger partial charge in [0.25, 0.3) is 5.91 Å². The standard InChI is InChI=1S/C24H28N4O4/c1-31-21-6-7-22-18(14-21)15-23(28(22)32-16-29)24(30)27-12-9-20(10-13-27)26-19-4-2-17(3-5-19)8-11-25/h2-7,14-16,20,26H,8-13,25H2,1H3. The van der Waals surface area contributed by atoms with Gasteiger partial charge in [-0.1, -0.05) is 12.1 Å². The summed E-state index contributed by atoms with van der Waals surface area (Å²) in [5.41, 5.74) is 8.86. The molecule has 8 heteroatoms. The van der Waals surface area contributed by atoms with Crippen LogP contribution in [0.1, 0.15) is 28.9 Å². The number of methoxy groups -OCH3 is 1. The Morgan fingerprint density at radius 3 is 2.56 bits per heavy atom. The molecule has 1 aliphatic heterocycles. The number of carbonyl (C=O) groups excluding carboxylic acids is 2. The number of nitrogens with one attached hydrogen (secondary N) is 1. The van der Waals surface area contributed by atoms with Gasteiger partial charge in [0.1, 0.15) is 11.4 Å². The number of anilines is 1. The van der Waals surface area contributed by atoms with E-state index in [1.165, 1.54) is 10.3 Å². The van der Waals surface area contributed by atoms with Gasteiger partial charge in [-0.05, 0) is 67.8 Å². The Bertz CT molecular complexity index is 1090. The zero-order valence-electron chi connectivity index (χ0n) is 18.1. The zero-order valence-corrected chi connectivity index (χ0v) is 18.1. The van der Waals surface area contributed by atoms with E-state index in [2.05, 4.69) is 29.6 Å². The number of fused-ring (bicyclic) bond motifs is 1. The SMILES string of the molecule is COc1ccc2c(c1)cc(C(=O)N1CCC(Nc3ccc(CCN)cc3)CC1)n2OC=O. The molecule has 3 aromatic rings. The van der Waals surface area contributed by atoms with Gasteiger partial charge in [0.05, 0.1) is 12.6 Å². The van der Waals surface area contributed by atoms with Gasteiger partial charge in [-0.2, -0.15) is 4.73 Å². The molecule has 0 spiro atoms. The van der Waals surface area contributed by atoms with Crippen LogP contribution in [0.3, 0.4) is 0 Å². The number of benzene rings is 2. The number of ether oxygens (including phenoxy) is 1. The molecule has 4 rings (SSSR count). The Balaban J connectivity index is 1.43. The highest BCUT2D eigenvalue weighted by Crippen LogP contribution is 2.26. The van der Waals surface area contributed by atoms with Crippen LogP contribution in [0.2, 0.25) is 0 Å². The van der Waals surface area contributed by atoms with E-state index >= 15 is 0 Å². The van der Waals surface area contributed by atoms with E-state index in [0.717, 1.165) is 30.3 Å². The fraction of sp³-hybridized carbons (Fsp3) is 0.333. The first-order valence-corrected chi connectivity index (χ1v) is 10.8. The fourth-order valence-electron chi connectivity index (χ4n) is 4.16. The van der Waals surface area contributed by atoms with Gasteiger partial charge in [0.2, 0.25) is 0 Å². The van der Waals surface area contributed by atoms with E-state index in [9.17, 15) is 9.59 Å². The number of hydrogen-bond acceptors (Lipinski definition) is 6. The summed E-state index contributed by atoms with van der Waals surface area (Å²) in [6.45, 7) is 2.21. The molecule has 2 aromatic carbocycles. The first kappa shape index (κ1) is 21.7. The second kappa shape index (κ2) is 9.74. The van der Waals surface area contributed by atoms with E-state index in [1.807, 2.05) is 6.07 Å². The number of rotatable bonds is 8. The average Bonchev–Trinajstić information content (AvgIpc) is 3.18. The molecule has 0 radical (unpaired) electrons. The molecule has 1 saturated heterocycles. The number of aromatic nitrogens is 1. The number of carbonyl (C=O) groups is 2. The Morgan fingerprint density at radius 2 is 1.91 bits per heavy atom. The Labute approximate surface area is 186 Å². The second-order valence-corrected chi connectivity index (χ2v) is 7.90. The largest absolute Gasteiger partial charge is 0.497 e. The van der Waals surface area contributed by atoms with Crippen molar-refractivity contribution in [2.45, 2.75) is 25.3 Å². The lowest BCUT2D eigenvalue weighted by Crippen LogP contribution is -2.43. The van der Waals surface area contributed by atoms with Crippen molar-refractivity contribution in [2.75, 3.05) is 32.1 Å². The minimum atomic E-state index is -0.161. The van der Waals surface area contributed by atoms with Crippen LogP contribution in [0.15, 0.2) is 48.5 Å². The van der Waals surface area contributed by atoms with Crippen LogP contribution >= 0.6 is 0 Å². The summed E-state index contributed by atoms with van der Waals surface area (Å²) in [6, 6.07) is 15.7. The molecule has 168 valence electrons. The monoisotopic (exact) mass is 436 g/mol. The van der Waals surface area contributed by atoms with Crippen molar-refractivity contribution in [3.63, 3.8) is 0 Å². The molecule has 0 aliphatic carbocycles. The highest BCUT2D eigenvalue weighted by atomic mass is 16.7. The molecule has 1 aliphatic rings. The summed E-state index contributed by atoms with van der Waals surface area (Å²) in [5.74, 6) is 0.509. The van der Waals surface area contributed by atoms with E-state index in [0.29, 0.717) is 49.1 Å². The van der Waals surface area contributed by atoms with Gasteiger partial charge in [0, 0.05) is 30.2 Å². The lowest BCUT2D eigenvalue weighted by Gasteiger charge is -2.33. The number of amides is 1. The van der Waals surface area contributed by atoms with Crippen molar-refractivity contribution in [1.82, 2.24) is 9.63 Å². The van der Waals surface area contributed by atoms with E-state index in [-0.39, 0.29) is 5.91 Å². The topological polar surface area (TPSA) is 98.8 Å². The van der Waals surface area contributed by atoms with E-state index in [4.69, 9.17) is 15.3 Å². The van der Waals surface area contributed by atoms with Crippen LogP contribution in [0.4, 0.5) is 5.69 Å². The lowest BCUT2D eigenvalue weighted by atomic mass is 10.0. The maximum atomic E-state index is 13.2. The molecule has 1 aromatic heterocycles. The minimum absolute atomic E-state index is 0.161. The molecular weight excluding hydrogens is 408 g/mol. The van der Waals surface area contributed by atoms with Gasteiger partial charge in [-0.25, -0.2) is 0 Å². The van der Waals surface area contributed by atoms with Crippen LogP contribution in [0.25, 0.3) is 10.9 Å². The van der Waals surface area contributed by atoms with Gasteiger partial charge in [-0.3, -0.25) is 9.59 Å². The van der Waals surface area contributed by atoms with Crippen LogP contribution in [0.5, 0.6) is 5.75 Å². The Kier molecular flexibility index (Phi) is 6.61. The summed E-state index contributed by atoms with van der Waals surface area (Å²) in [5, 5.41) is 4.32. The quantitative estimate of drug-likeness (QED) is 0.527. The number of hydrogen-bond donors (Lipinski definition) is 2. The molecule has 8 nitrogen and oxygen atoms in total. The fourth-order valence-corrected chi connectivity index (χ4v) is 4.16. The summed E-state index contributed by atoms with van der Waals surface area (Å²) >= 11 is 0. The first-order chi connectivity index (χ1) is 15.6. The van der Waals surface area contributed by atoms with Crippen molar-refractivity contribution in [3.05, 3.63) is 59.8 Å². The van der Waals surface area contributed by atoms with Crippen LogP contribution in [0, 0.1) is 0 Å². The first-order valence-electron chi connectivity index (χ1n) is 10.8. The zero-order chi connectivity index (χ0) is 22.5. The van der Waals surface area contributed by atoms with Crippen molar-refractivity contribution < 1.29 is 19.2 Å². The number of likely N-dealkylation sites (tertiary alicyclic amines) is 1.